The molecule has 0 N–H and O–H groups in total. The van der Waals surface area contributed by atoms with E-state index in [-0.39, 0.29) is 18.4 Å². The van der Waals surface area contributed by atoms with Crippen LogP contribution in [0.2, 0.25) is 0 Å². The number of aromatic nitrogens is 1. The number of carbonyl (C=O) groups is 3. The summed E-state index contributed by atoms with van der Waals surface area (Å²) in [5.41, 5.74) is 1.90. The van der Waals surface area contributed by atoms with Gasteiger partial charge in [-0.3, -0.25) is 14.4 Å². The zero-order valence-corrected chi connectivity index (χ0v) is 20.5. The first-order valence-electron chi connectivity index (χ1n) is 12.1. The molecule has 0 fully saturated rings. The summed E-state index contributed by atoms with van der Waals surface area (Å²) in [4.78, 5) is 41.3. The van der Waals surface area contributed by atoms with Gasteiger partial charge in [-0.15, -0.1) is 0 Å². The van der Waals surface area contributed by atoms with Gasteiger partial charge in [0.1, 0.15) is 11.3 Å². The Kier molecular flexibility index (Phi) is 5.96. The summed E-state index contributed by atoms with van der Waals surface area (Å²) in [6, 6.07) is 23.7. The number of carbonyl (C=O) groups excluding carboxylic acids is 3. The van der Waals surface area contributed by atoms with E-state index in [9.17, 15) is 14.4 Å². The molecule has 1 aliphatic heterocycles. The number of nitrogens with zero attached hydrogens (tertiary/aromatic N) is 1. The quantitative estimate of drug-likeness (QED) is 0.349. The molecule has 0 bridgehead atoms. The van der Waals surface area contributed by atoms with Gasteiger partial charge in [-0.25, -0.2) is 4.57 Å². The van der Waals surface area contributed by atoms with Crippen molar-refractivity contribution in [3.05, 3.63) is 101 Å². The lowest BCUT2D eigenvalue weighted by atomic mass is 9.64. The molecule has 0 radical (unpaired) electrons. The number of esters is 2. The summed E-state index contributed by atoms with van der Waals surface area (Å²) in [5, 5.41) is 0.673. The molecular formula is C30H27NO5. The van der Waals surface area contributed by atoms with Crippen molar-refractivity contribution in [2.45, 2.75) is 38.5 Å². The van der Waals surface area contributed by atoms with Gasteiger partial charge in [0.2, 0.25) is 5.88 Å². The second-order valence-corrected chi connectivity index (χ2v) is 9.01. The van der Waals surface area contributed by atoms with Gasteiger partial charge in [0, 0.05) is 16.5 Å². The Labute approximate surface area is 209 Å². The average Bonchev–Trinajstić information content (AvgIpc) is 3.22. The van der Waals surface area contributed by atoms with Gasteiger partial charge in [0.15, 0.2) is 0 Å². The Morgan fingerprint density at radius 2 is 1.61 bits per heavy atom. The molecule has 6 heteroatoms. The first-order chi connectivity index (χ1) is 17.4. The summed E-state index contributed by atoms with van der Waals surface area (Å²) >= 11 is 0. The van der Waals surface area contributed by atoms with Crippen molar-refractivity contribution in [3.63, 3.8) is 0 Å². The van der Waals surface area contributed by atoms with Crippen molar-refractivity contribution in [1.82, 2.24) is 4.57 Å². The summed E-state index contributed by atoms with van der Waals surface area (Å²) in [6.45, 7) is 5.73. The van der Waals surface area contributed by atoms with E-state index in [1.165, 1.54) is 4.57 Å². The van der Waals surface area contributed by atoms with Gasteiger partial charge in [-0.2, -0.15) is 0 Å². The van der Waals surface area contributed by atoms with E-state index in [1.807, 2.05) is 62.4 Å². The van der Waals surface area contributed by atoms with Crippen LogP contribution in [0.4, 0.5) is 0 Å². The molecule has 0 amide bonds. The van der Waals surface area contributed by atoms with Crippen LogP contribution in [0.1, 0.15) is 53.2 Å². The molecule has 182 valence electrons. The SMILES string of the molecule is CCOC(=O)[C@H]1c2c(n(C(=O)c3ccccc3)c3ccccc23)OC(=O)[C@]1(CC)c1ccc(C)cc1. The van der Waals surface area contributed by atoms with E-state index in [2.05, 4.69) is 0 Å². The summed E-state index contributed by atoms with van der Waals surface area (Å²) in [6.07, 6.45) is 0.309. The number of rotatable bonds is 5. The fourth-order valence-corrected chi connectivity index (χ4v) is 5.31. The molecule has 0 unspecified atom stereocenters. The highest BCUT2D eigenvalue weighted by molar-refractivity contribution is 6.09. The van der Waals surface area contributed by atoms with Gasteiger partial charge in [-0.1, -0.05) is 73.2 Å². The van der Waals surface area contributed by atoms with Crippen LogP contribution in [-0.4, -0.2) is 29.0 Å². The standard InChI is InChI=1S/C30H27NO5/c1-4-30(21-17-15-19(3)16-18-21)25(28(33)35-5-2)24-22-13-9-10-14-23(22)31(27(24)36-29(30)34)26(32)20-11-7-6-8-12-20/h6-18,25H,4-5H2,1-3H3/t25-,30-/m1/s1. The smallest absolute Gasteiger partial charge is 0.324 e. The van der Waals surface area contributed by atoms with Crippen molar-refractivity contribution in [2.75, 3.05) is 6.61 Å². The third kappa shape index (κ3) is 3.44. The van der Waals surface area contributed by atoms with Crippen LogP contribution in [0.3, 0.4) is 0 Å². The van der Waals surface area contributed by atoms with Gasteiger partial charge in [0.25, 0.3) is 5.91 Å². The Bertz CT molecular complexity index is 1470. The fourth-order valence-electron chi connectivity index (χ4n) is 5.31. The minimum atomic E-state index is -1.31. The van der Waals surface area contributed by atoms with Gasteiger partial charge in [0.05, 0.1) is 12.1 Å². The lowest BCUT2D eigenvalue weighted by molar-refractivity contribution is -0.156. The zero-order valence-electron chi connectivity index (χ0n) is 20.5. The molecule has 2 atom stereocenters. The third-order valence-electron chi connectivity index (χ3n) is 7.07. The highest BCUT2D eigenvalue weighted by Crippen LogP contribution is 2.53. The van der Waals surface area contributed by atoms with Crippen LogP contribution < -0.4 is 4.74 Å². The Hall–Kier alpha value is -4.19. The molecule has 4 aromatic rings. The number of fused-ring (bicyclic) bond motifs is 3. The molecule has 2 heterocycles. The molecule has 0 spiro atoms. The summed E-state index contributed by atoms with van der Waals surface area (Å²) < 4.78 is 13.0. The highest BCUT2D eigenvalue weighted by atomic mass is 16.6. The largest absolute Gasteiger partial charge is 0.465 e. The number of benzene rings is 3. The second-order valence-electron chi connectivity index (χ2n) is 9.01. The Morgan fingerprint density at radius 1 is 0.944 bits per heavy atom. The maximum atomic E-state index is 13.9. The van der Waals surface area contributed by atoms with Crippen LogP contribution in [-0.2, 0) is 19.7 Å². The zero-order chi connectivity index (χ0) is 25.4. The second kappa shape index (κ2) is 9.11. The molecule has 0 saturated heterocycles. The first-order valence-corrected chi connectivity index (χ1v) is 12.1. The van der Waals surface area contributed by atoms with Gasteiger partial charge >= 0.3 is 11.9 Å². The lowest BCUT2D eigenvalue weighted by Gasteiger charge is -2.40. The van der Waals surface area contributed by atoms with E-state index in [0.29, 0.717) is 34.0 Å². The first kappa shape index (κ1) is 23.5. The molecule has 3 aromatic carbocycles. The van der Waals surface area contributed by atoms with Gasteiger partial charge in [-0.05, 0) is 44.0 Å². The van der Waals surface area contributed by atoms with E-state index >= 15 is 0 Å². The molecule has 0 aliphatic carbocycles. The lowest BCUT2D eigenvalue weighted by Crippen LogP contribution is -2.50. The topological polar surface area (TPSA) is 74.6 Å². The molecule has 1 aromatic heterocycles. The predicted molar refractivity (Wildman–Crippen MR) is 136 cm³/mol. The van der Waals surface area contributed by atoms with Crippen molar-refractivity contribution in [3.8, 4) is 5.88 Å². The molecular weight excluding hydrogens is 454 g/mol. The van der Waals surface area contributed by atoms with Crippen molar-refractivity contribution in [1.29, 1.82) is 0 Å². The summed E-state index contributed by atoms with van der Waals surface area (Å²) in [7, 11) is 0. The number of para-hydroxylation sites is 1. The Balaban J connectivity index is 1.84. The summed E-state index contributed by atoms with van der Waals surface area (Å²) in [5.74, 6) is -2.36. The van der Waals surface area contributed by atoms with Crippen molar-refractivity contribution in [2.24, 2.45) is 0 Å². The third-order valence-corrected chi connectivity index (χ3v) is 7.07. The molecule has 1 aliphatic rings. The molecule has 0 saturated carbocycles. The normalized spacial score (nSPS) is 19.0. The molecule has 5 rings (SSSR count). The fraction of sp³-hybridized carbons (Fsp3) is 0.233. The van der Waals surface area contributed by atoms with Crippen LogP contribution in [0.15, 0.2) is 78.9 Å². The number of hydrogen-bond donors (Lipinski definition) is 0. The van der Waals surface area contributed by atoms with E-state index < -0.39 is 23.3 Å². The predicted octanol–water partition coefficient (Wildman–Crippen LogP) is 5.55. The van der Waals surface area contributed by atoms with Crippen LogP contribution in [0.5, 0.6) is 5.88 Å². The monoisotopic (exact) mass is 481 g/mol. The minimum absolute atomic E-state index is 0.0734. The van der Waals surface area contributed by atoms with Crippen LogP contribution in [0, 0.1) is 6.92 Å². The van der Waals surface area contributed by atoms with Crippen molar-refractivity contribution >= 4 is 28.7 Å². The van der Waals surface area contributed by atoms with E-state index in [0.717, 1.165) is 5.56 Å². The number of aryl methyl sites for hydroxylation is 1. The van der Waals surface area contributed by atoms with Gasteiger partial charge < -0.3 is 9.47 Å². The van der Waals surface area contributed by atoms with Crippen LogP contribution in [0.25, 0.3) is 10.9 Å². The molecule has 36 heavy (non-hydrogen) atoms. The highest BCUT2D eigenvalue weighted by Gasteiger charge is 2.58. The van der Waals surface area contributed by atoms with E-state index in [4.69, 9.17) is 9.47 Å². The van der Waals surface area contributed by atoms with Crippen molar-refractivity contribution < 1.29 is 23.9 Å². The maximum absolute atomic E-state index is 13.9. The van der Waals surface area contributed by atoms with E-state index in [1.54, 1.807) is 37.3 Å². The minimum Gasteiger partial charge on any atom is -0.465 e. The molecule has 6 nitrogen and oxygen atoms in total. The number of hydrogen-bond acceptors (Lipinski definition) is 5. The number of ether oxygens (including phenoxy) is 2. The van der Waals surface area contributed by atoms with Crippen LogP contribution >= 0.6 is 0 Å². The Morgan fingerprint density at radius 3 is 2.28 bits per heavy atom. The average molecular weight is 482 g/mol. The maximum Gasteiger partial charge on any atom is 0.324 e.